The van der Waals surface area contributed by atoms with Crippen LogP contribution in [-0.4, -0.2) is 28.3 Å². The van der Waals surface area contributed by atoms with Crippen LogP contribution in [0.1, 0.15) is 24.7 Å². The van der Waals surface area contributed by atoms with E-state index in [1.165, 1.54) is 12.2 Å². The van der Waals surface area contributed by atoms with Crippen molar-refractivity contribution in [1.29, 1.82) is 0 Å². The van der Waals surface area contributed by atoms with Crippen LogP contribution < -0.4 is 5.32 Å². The molecule has 1 heterocycles. The van der Waals surface area contributed by atoms with E-state index < -0.39 is 0 Å². The zero-order valence-electron chi connectivity index (χ0n) is 10.2. The Bertz CT molecular complexity index is 325. The van der Waals surface area contributed by atoms with Crippen LogP contribution in [0.5, 0.6) is 0 Å². The minimum absolute atomic E-state index is 0.802. The maximum atomic E-state index is 6.24. The highest BCUT2D eigenvalue weighted by atomic mass is 35.5. The van der Waals surface area contributed by atoms with Crippen molar-refractivity contribution in [2.45, 2.75) is 26.3 Å². The molecule has 0 radical (unpaired) electrons. The zero-order chi connectivity index (χ0) is 12.0. The van der Waals surface area contributed by atoms with Crippen LogP contribution in [0, 0.1) is 0 Å². The molecule has 0 aromatic carbocycles. The van der Waals surface area contributed by atoms with Gasteiger partial charge in [0.1, 0.15) is 0 Å². The molecule has 0 unspecified atom stereocenters. The number of thioether (sulfide) groups is 1. The third-order valence-corrected chi connectivity index (χ3v) is 3.63. The molecule has 1 rings (SSSR count). The second-order valence-corrected chi connectivity index (χ2v) is 5.07. The quantitative estimate of drug-likeness (QED) is 0.765. The molecule has 1 N–H and O–H groups in total. The fourth-order valence-corrected chi connectivity index (χ4v) is 2.35. The summed E-state index contributed by atoms with van der Waals surface area (Å²) < 4.78 is 1.88. The van der Waals surface area contributed by atoms with Gasteiger partial charge in [0.05, 0.1) is 16.4 Å². The number of hydrogen-bond donors (Lipinski definition) is 1. The Morgan fingerprint density at radius 3 is 2.81 bits per heavy atom. The lowest BCUT2D eigenvalue weighted by Gasteiger charge is -2.05. The number of hydrogen-bond acceptors (Lipinski definition) is 3. The van der Waals surface area contributed by atoms with E-state index >= 15 is 0 Å². The van der Waals surface area contributed by atoms with Gasteiger partial charge in [-0.1, -0.05) is 18.5 Å². The molecule has 0 aliphatic carbocycles. The van der Waals surface area contributed by atoms with Crippen LogP contribution in [0.2, 0.25) is 5.02 Å². The fourth-order valence-electron chi connectivity index (χ4n) is 1.56. The van der Waals surface area contributed by atoms with Gasteiger partial charge < -0.3 is 5.32 Å². The van der Waals surface area contributed by atoms with Crippen LogP contribution in [0.15, 0.2) is 0 Å². The van der Waals surface area contributed by atoms with Crippen molar-refractivity contribution >= 4 is 23.4 Å². The van der Waals surface area contributed by atoms with Crippen LogP contribution in [0.25, 0.3) is 0 Å². The maximum absolute atomic E-state index is 6.24. The van der Waals surface area contributed by atoms with Gasteiger partial charge in [0, 0.05) is 13.6 Å². The van der Waals surface area contributed by atoms with Crippen LogP contribution in [0.4, 0.5) is 0 Å². The van der Waals surface area contributed by atoms with Crippen molar-refractivity contribution in [3.05, 3.63) is 16.4 Å². The molecular weight excluding hydrogens is 242 g/mol. The molecule has 3 nitrogen and oxygen atoms in total. The third-order valence-electron chi connectivity index (χ3n) is 2.50. The van der Waals surface area contributed by atoms with Gasteiger partial charge in [-0.3, -0.25) is 4.68 Å². The molecule has 0 fully saturated rings. The molecule has 92 valence electrons. The molecule has 1 aromatic rings. The highest BCUT2D eigenvalue weighted by Crippen LogP contribution is 2.20. The summed E-state index contributed by atoms with van der Waals surface area (Å²) in [5.41, 5.74) is 2.08. The van der Waals surface area contributed by atoms with Gasteiger partial charge in [0.15, 0.2) is 0 Å². The first-order chi connectivity index (χ1) is 7.70. The van der Waals surface area contributed by atoms with Crippen molar-refractivity contribution in [1.82, 2.24) is 15.1 Å². The molecule has 1 aromatic heterocycles. The fraction of sp³-hybridized carbons (Fsp3) is 0.727. The van der Waals surface area contributed by atoms with Gasteiger partial charge in [0.2, 0.25) is 0 Å². The van der Waals surface area contributed by atoms with E-state index in [9.17, 15) is 0 Å². The van der Waals surface area contributed by atoms with Crippen LogP contribution in [-0.2, 0) is 20.0 Å². The SMILES string of the molecule is CCc1nn(C)c(CNCCCSC)c1Cl. The number of halogens is 1. The summed E-state index contributed by atoms with van der Waals surface area (Å²) in [5, 5.41) is 8.60. The lowest BCUT2D eigenvalue weighted by atomic mass is 10.3. The Balaban J connectivity index is 2.44. The minimum Gasteiger partial charge on any atom is -0.311 e. The predicted molar refractivity (Wildman–Crippen MR) is 72.3 cm³/mol. The van der Waals surface area contributed by atoms with E-state index in [1.807, 2.05) is 23.5 Å². The Morgan fingerprint density at radius 1 is 1.50 bits per heavy atom. The lowest BCUT2D eigenvalue weighted by molar-refractivity contribution is 0.619. The van der Waals surface area contributed by atoms with Crippen molar-refractivity contribution in [2.24, 2.45) is 7.05 Å². The summed E-state index contributed by atoms with van der Waals surface area (Å²) in [6.45, 7) is 3.91. The number of aryl methyl sites for hydroxylation is 2. The van der Waals surface area contributed by atoms with E-state index in [4.69, 9.17) is 11.6 Å². The summed E-state index contributed by atoms with van der Waals surface area (Å²) in [6.07, 6.45) is 4.21. The molecule has 0 aliphatic rings. The summed E-state index contributed by atoms with van der Waals surface area (Å²) in [7, 11) is 1.95. The number of rotatable bonds is 7. The summed E-state index contributed by atoms with van der Waals surface area (Å²) in [6, 6.07) is 0. The maximum Gasteiger partial charge on any atom is 0.0863 e. The Labute approximate surface area is 107 Å². The number of nitrogens with one attached hydrogen (secondary N) is 1. The van der Waals surface area contributed by atoms with Crippen molar-refractivity contribution in [2.75, 3.05) is 18.6 Å². The molecule has 0 bridgehead atoms. The highest BCUT2D eigenvalue weighted by Gasteiger charge is 2.11. The number of aromatic nitrogens is 2. The molecule has 0 amide bonds. The van der Waals surface area contributed by atoms with Crippen molar-refractivity contribution in [3.63, 3.8) is 0 Å². The molecule has 5 heteroatoms. The van der Waals surface area contributed by atoms with Crippen molar-refractivity contribution in [3.8, 4) is 0 Å². The number of nitrogens with zero attached hydrogens (tertiary/aromatic N) is 2. The minimum atomic E-state index is 0.802. The normalized spacial score (nSPS) is 11.0. The first kappa shape index (κ1) is 13.9. The van der Waals surface area contributed by atoms with E-state index in [-0.39, 0.29) is 0 Å². The highest BCUT2D eigenvalue weighted by molar-refractivity contribution is 7.98. The average molecular weight is 262 g/mol. The topological polar surface area (TPSA) is 29.9 Å². The molecule has 0 saturated carbocycles. The van der Waals surface area contributed by atoms with Gasteiger partial charge in [0.25, 0.3) is 0 Å². The molecule has 0 atom stereocenters. The van der Waals surface area contributed by atoms with Gasteiger partial charge in [-0.15, -0.1) is 0 Å². The zero-order valence-corrected chi connectivity index (χ0v) is 11.8. The lowest BCUT2D eigenvalue weighted by Crippen LogP contribution is -2.17. The summed E-state index contributed by atoms with van der Waals surface area (Å²) in [5.74, 6) is 1.20. The van der Waals surface area contributed by atoms with E-state index in [1.54, 1.807) is 0 Å². The second-order valence-electron chi connectivity index (χ2n) is 3.71. The van der Waals surface area contributed by atoms with Crippen LogP contribution in [0.3, 0.4) is 0 Å². The predicted octanol–water partition coefficient (Wildman–Crippen LogP) is 2.48. The largest absolute Gasteiger partial charge is 0.311 e. The van der Waals surface area contributed by atoms with E-state index in [0.29, 0.717) is 0 Å². The first-order valence-corrected chi connectivity index (χ1v) is 7.37. The molecule has 0 aliphatic heterocycles. The monoisotopic (exact) mass is 261 g/mol. The average Bonchev–Trinajstić information content (AvgIpc) is 2.55. The van der Waals surface area contributed by atoms with E-state index in [0.717, 1.165) is 35.9 Å². The standard InChI is InChI=1S/C11H20ClN3S/c1-4-9-11(12)10(15(2)14-9)8-13-6-5-7-16-3/h13H,4-8H2,1-3H3. The van der Waals surface area contributed by atoms with Gasteiger partial charge >= 0.3 is 0 Å². The summed E-state index contributed by atoms with van der Waals surface area (Å²) >= 11 is 8.12. The second kappa shape index (κ2) is 7.20. The van der Waals surface area contributed by atoms with Gasteiger partial charge in [-0.05, 0) is 31.4 Å². The molecular formula is C11H20ClN3S. The Morgan fingerprint density at radius 2 is 2.25 bits per heavy atom. The smallest absolute Gasteiger partial charge is 0.0863 e. The van der Waals surface area contributed by atoms with Gasteiger partial charge in [-0.25, -0.2) is 0 Å². The Hall–Kier alpha value is -0.190. The molecule has 16 heavy (non-hydrogen) atoms. The third kappa shape index (κ3) is 3.68. The molecule has 0 spiro atoms. The van der Waals surface area contributed by atoms with Crippen molar-refractivity contribution < 1.29 is 0 Å². The first-order valence-electron chi connectivity index (χ1n) is 5.60. The van der Waals surface area contributed by atoms with Crippen LogP contribution >= 0.6 is 23.4 Å². The van der Waals surface area contributed by atoms with E-state index in [2.05, 4.69) is 23.6 Å². The molecule has 0 saturated heterocycles. The summed E-state index contributed by atoms with van der Waals surface area (Å²) in [4.78, 5) is 0. The Kier molecular flexibility index (Phi) is 6.24. The van der Waals surface area contributed by atoms with Gasteiger partial charge in [-0.2, -0.15) is 16.9 Å².